The van der Waals surface area contributed by atoms with Crippen LogP contribution in [0.5, 0.6) is 0 Å². The Bertz CT molecular complexity index is 599. The van der Waals surface area contributed by atoms with Gasteiger partial charge in [-0.05, 0) is 54.4 Å². The second-order valence-corrected chi connectivity index (χ2v) is 6.34. The Labute approximate surface area is 139 Å². The monoisotopic (exact) mass is 394 g/mol. The molecule has 110 valence electrons. The molecule has 0 aliphatic heterocycles. The molecule has 4 heteroatoms. The van der Waals surface area contributed by atoms with Crippen LogP contribution in [0.15, 0.2) is 54.6 Å². The van der Waals surface area contributed by atoms with Crippen molar-refractivity contribution in [3.05, 3.63) is 69.3 Å². The number of amides is 1. The normalized spacial score (nSPS) is 12.2. The molecular formula is C17H19IN2O. The van der Waals surface area contributed by atoms with E-state index >= 15 is 0 Å². The molecular weight excluding hydrogens is 375 g/mol. The molecule has 0 heterocycles. The van der Waals surface area contributed by atoms with Crippen molar-refractivity contribution >= 4 is 28.5 Å². The Balaban J connectivity index is 2.19. The summed E-state index contributed by atoms with van der Waals surface area (Å²) in [4.78, 5) is 14.6. The van der Waals surface area contributed by atoms with Gasteiger partial charge in [0.1, 0.15) is 0 Å². The van der Waals surface area contributed by atoms with Gasteiger partial charge in [0.15, 0.2) is 0 Å². The van der Waals surface area contributed by atoms with Gasteiger partial charge in [0.2, 0.25) is 0 Å². The number of nitrogens with one attached hydrogen (secondary N) is 1. The third-order valence-corrected chi connectivity index (χ3v) is 4.11. The van der Waals surface area contributed by atoms with E-state index in [1.807, 2.05) is 68.7 Å². The van der Waals surface area contributed by atoms with Gasteiger partial charge in [0.25, 0.3) is 5.91 Å². The molecule has 1 unspecified atom stereocenters. The van der Waals surface area contributed by atoms with Crippen molar-refractivity contribution in [1.82, 2.24) is 10.2 Å². The van der Waals surface area contributed by atoms with Crippen molar-refractivity contribution in [2.24, 2.45) is 0 Å². The van der Waals surface area contributed by atoms with Crippen molar-refractivity contribution < 1.29 is 4.79 Å². The van der Waals surface area contributed by atoms with Crippen LogP contribution in [0.1, 0.15) is 22.0 Å². The Morgan fingerprint density at radius 3 is 2.33 bits per heavy atom. The average molecular weight is 394 g/mol. The minimum Gasteiger partial charge on any atom is -0.344 e. The van der Waals surface area contributed by atoms with Crippen LogP contribution >= 0.6 is 22.6 Å². The van der Waals surface area contributed by atoms with E-state index in [9.17, 15) is 4.79 Å². The van der Waals surface area contributed by atoms with E-state index in [0.717, 1.165) is 21.2 Å². The summed E-state index contributed by atoms with van der Waals surface area (Å²) < 4.78 is 0.962. The van der Waals surface area contributed by atoms with E-state index in [2.05, 4.69) is 32.8 Å². The standard InChI is InChI=1S/C17H19IN2O/c1-20(2)12-16(13-8-4-3-5-9-13)19-17(21)14-10-6-7-11-15(14)18/h3-11,16H,12H2,1-2H3,(H,19,21). The van der Waals surface area contributed by atoms with E-state index in [-0.39, 0.29) is 11.9 Å². The number of benzene rings is 2. The van der Waals surface area contributed by atoms with Gasteiger partial charge in [-0.2, -0.15) is 0 Å². The Morgan fingerprint density at radius 1 is 1.10 bits per heavy atom. The molecule has 2 rings (SSSR count). The first kappa shape index (κ1) is 16.0. The zero-order chi connectivity index (χ0) is 15.2. The van der Waals surface area contributed by atoms with Crippen molar-refractivity contribution in [2.45, 2.75) is 6.04 Å². The van der Waals surface area contributed by atoms with Crippen molar-refractivity contribution in [3.8, 4) is 0 Å². The number of halogens is 1. The van der Waals surface area contributed by atoms with Crippen LogP contribution in [0, 0.1) is 3.57 Å². The lowest BCUT2D eigenvalue weighted by Crippen LogP contribution is -2.35. The number of carbonyl (C=O) groups is 1. The number of likely N-dealkylation sites (N-methyl/N-ethyl adjacent to an activating group) is 1. The first-order valence-electron chi connectivity index (χ1n) is 6.83. The van der Waals surface area contributed by atoms with Crippen LogP contribution < -0.4 is 5.32 Å². The van der Waals surface area contributed by atoms with Gasteiger partial charge < -0.3 is 10.2 Å². The second kappa shape index (κ2) is 7.56. The fourth-order valence-corrected chi connectivity index (χ4v) is 2.80. The Hall–Kier alpha value is -1.40. The first-order valence-corrected chi connectivity index (χ1v) is 7.91. The highest BCUT2D eigenvalue weighted by Gasteiger charge is 2.17. The van der Waals surface area contributed by atoms with Crippen molar-refractivity contribution in [2.75, 3.05) is 20.6 Å². The molecule has 0 fully saturated rings. The zero-order valence-corrected chi connectivity index (χ0v) is 14.4. The van der Waals surface area contributed by atoms with Crippen LogP contribution in [0.3, 0.4) is 0 Å². The molecule has 0 saturated heterocycles. The quantitative estimate of drug-likeness (QED) is 0.790. The number of nitrogens with zero attached hydrogens (tertiary/aromatic N) is 1. The first-order chi connectivity index (χ1) is 10.1. The third-order valence-electron chi connectivity index (χ3n) is 3.17. The molecule has 0 radical (unpaired) electrons. The van der Waals surface area contributed by atoms with E-state index in [4.69, 9.17) is 0 Å². The predicted octanol–water partition coefficient (Wildman–Crippen LogP) is 3.32. The molecule has 3 nitrogen and oxygen atoms in total. The fourth-order valence-electron chi connectivity index (χ4n) is 2.17. The molecule has 0 bridgehead atoms. The molecule has 0 saturated carbocycles. The summed E-state index contributed by atoms with van der Waals surface area (Å²) >= 11 is 2.19. The molecule has 21 heavy (non-hydrogen) atoms. The topological polar surface area (TPSA) is 32.3 Å². The summed E-state index contributed by atoms with van der Waals surface area (Å²) in [6, 6.07) is 17.7. The summed E-state index contributed by atoms with van der Waals surface area (Å²) in [6.07, 6.45) is 0. The van der Waals surface area contributed by atoms with Gasteiger partial charge in [-0.3, -0.25) is 4.79 Å². The highest BCUT2D eigenvalue weighted by molar-refractivity contribution is 14.1. The number of hydrogen-bond acceptors (Lipinski definition) is 2. The van der Waals surface area contributed by atoms with Crippen LogP contribution in [0.2, 0.25) is 0 Å². The number of rotatable bonds is 5. The zero-order valence-electron chi connectivity index (χ0n) is 12.2. The van der Waals surface area contributed by atoms with Crippen LogP contribution in [0.25, 0.3) is 0 Å². The summed E-state index contributed by atoms with van der Waals surface area (Å²) in [6.45, 7) is 0.763. The van der Waals surface area contributed by atoms with Crippen LogP contribution in [0.4, 0.5) is 0 Å². The summed E-state index contributed by atoms with van der Waals surface area (Å²) in [5.41, 5.74) is 1.84. The van der Waals surface area contributed by atoms with Gasteiger partial charge >= 0.3 is 0 Å². The van der Waals surface area contributed by atoms with E-state index < -0.39 is 0 Å². The fraction of sp³-hybridized carbons (Fsp3) is 0.235. The Kier molecular flexibility index (Phi) is 5.76. The summed E-state index contributed by atoms with van der Waals surface area (Å²) in [5.74, 6) is -0.0318. The lowest BCUT2D eigenvalue weighted by molar-refractivity contribution is 0.0929. The molecule has 0 aromatic heterocycles. The van der Waals surface area contributed by atoms with Gasteiger partial charge in [0, 0.05) is 10.1 Å². The van der Waals surface area contributed by atoms with Crippen molar-refractivity contribution in [1.29, 1.82) is 0 Å². The minimum atomic E-state index is -0.0318. The largest absolute Gasteiger partial charge is 0.344 e. The second-order valence-electron chi connectivity index (χ2n) is 5.18. The van der Waals surface area contributed by atoms with E-state index in [1.54, 1.807) is 0 Å². The average Bonchev–Trinajstić information content (AvgIpc) is 2.47. The summed E-state index contributed by atoms with van der Waals surface area (Å²) in [7, 11) is 4.02. The summed E-state index contributed by atoms with van der Waals surface area (Å²) in [5, 5.41) is 3.14. The molecule has 2 aromatic rings. The van der Waals surface area contributed by atoms with Crippen LogP contribution in [-0.2, 0) is 0 Å². The Morgan fingerprint density at radius 2 is 1.71 bits per heavy atom. The van der Waals surface area contributed by atoms with Gasteiger partial charge in [-0.25, -0.2) is 0 Å². The van der Waals surface area contributed by atoms with Crippen LogP contribution in [-0.4, -0.2) is 31.4 Å². The molecule has 0 aliphatic carbocycles. The maximum absolute atomic E-state index is 12.5. The number of carbonyl (C=O) groups excluding carboxylic acids is 1. The van der Waals surface area contributed by atoms with E-state index in [1.165, 1.54) is 0 Å². The van der Waals surface area contributed by atoms with Gasteiger partial charge in [-0.1, -0.05) is 42.5 Å². The lowest BCUT2D eigenvalue weighted by atomic mass is 10.1. The van der Waals surface area contributed by atoms with E-state index in [0.29, 0.717) is 0 Å². The molecule has 0 aliphatic rings. The smallest absolute Gasteiger partial charge is 0.252 e. The SMILES string of the molecule is CN(C)CC(NC(=O)c1ccccc1I)c1ccccc1. The molecule has 1 amide bonds. The van der Waals surface area contributed by atoms with Gasteiger partial charge in [0.05, 0.1) is 11.6 Å². The predicted molar refractivity (Wildman–Crippen MR) is 94.4 cm³/mol. The molecule has 2 aromatic carbocycles. The minimum absolute atomic E-state index is 0.0234. The van der Waals surface area contributed by atoms with Gasteiger partial charge in [-0.15, -0.1) is 0 Å². The van der Waals surface area contributed by atoms with Crippen molar-refractivity contribution in [3.63, 3.8) is 0 Å². The number of hydrogen-bond donors (Lipinski definition) is 1. The maximum Gasteiger partial charge on any atom is 0.252 e. The highest BCUT2D eigenvalue weighted by atomic mass is 127. The lowest BCUT2D eigenvalue weighted by Gasteiger charge is -2.23. The molecule has 1 N–H and O–H groups in total. The molecule has 1 atom stereocenters. The third kappa shape index (κ3) is 4.54. The maximum atomic E-state index is 12.5. The highest BCUT2D eigenvalue weighted by Crippen LogP contribution is 2.16. The molecule has 0 spiro atoms.